The Morgan fingerprint density at radius 2 is 2.04 bits per heavy atom. The van der Waals surface area contributed by atoms with Gasteiger partial charge in [0.2, 0.25) is 0 Å². The number of rotatable bonds is 9. The van der Waals surface area contributed by atoms with E-state index < -0.39 is 16.3 Å². The molecule has 1 aromatic rings. The molecule has 1 fully saturated rings. The maximum Gasteiger partial charge on any atom is 0.410 e. The molecule has 9 nitrogen and oxygen atoms in total. The van der Waals surface area contributed by atoms with Gasteiger partial charge in [0.15, 0.2) is 0 Å². The Morgan fingerprint density at radius 3 is 2.67 bits per heavy atom. The summed E-state index contributed by atoms with van der Waals surface area (Å²) in [5, 5.41) is 8.64. The van der Waals surface area contributed by atoms with Crippen molar-refractivity contribution in [3.8, 4) is 5.75 Å². The van der Waals surface area contributed by atoms with Crippen LogP contribution in [-0.2, 0) is 21.6 Å². The number of aliphatic hydroxyl groups is 1. The Kier molecular flexibility index (Phi) is 8.17. The van der Waals surface area contributed by atoms with Crippen molar-refractivity contribution in [2.75, 3.05) is 33.4 Å². The summed E-state index contributed by atoms with van der Waals surface area (Å²) in [6, 6.07) is 6.80. The van der Waals surface area contributed by atoms with Crippen molar-refractivity contribution < 1.29 is 27.8 Å². The smallest absolute Gasteiger partial charge is 0.410 e. The molecular weight excluding hydrogens is 394 g/mol. The monoisotopic (exact) mass is 419 g/mol. The molecule has 1 amide bonds. The molecule has 1 heterocycles. The number of methoxy groups -OCH3 is 1. The molecule has 0 spiro atoms. The van der Waals surface area contributed by atoms with Crippen LogP contribution in [0.4, 0.5) is 4.79 Å². The standard InChI is InChI=1S/C16H25N3O6S2/c1-24-14-4-2-12(3-5-14)11-25-16(21)19-10-15(26)8-13(19)9-18-27(22,23)17-6-7-20/h2-5,13,15,17-18,20,26H,6-11H2,1H3/t13-,15-/m0/s1. The SMILES string of the molecule is COc1ccc(COC(=O)N2C[C@@H](S)C[C@H]2CNS(=O)(=O)NCCO)cc1. The first-order valence-electron chi connectivity index (χ1n) is 8.44. The van der Waals surface area contributed by atoms with Crippen LogP contribution in [0.25, 0.3) is 0 Å². The van der Waals surface area contributed by atoms with Gasteiger partial charge < -0.3 is 19.5 Å². The number of aliphatic hydroxyl groups excluding tert-OH is 1. The largest absolute Gasteiger partial charge is 0.497 e. The third-order valence-electron chi connectivity index (χ3n) is 4.06. The number of ether oxygens (including phenoxy) is 2. The lowest BCUT2D eigenvalue weighted by molar-refractivity contribution is 0.0927. The summed E-state index contributed by atoms with van der Waals surface area (Å²) in [5.41, 5.74) is 0.816. The van der Waals surface area contributed by atoms with Crippen LogP contribution in [0.5, 0.6) is 5.75 Å². The highest BCUT2D eigenvalue weighted by Gasteiger charge is 2.35. The summed E-state index contributed by atoms with van der Waals surface area (Å²) in [4.78, 5) is 13.9. The average Bonchev–Trinajstić information content (AvgIpc) is 3.04. The first-order chi connectivity index (χ1) is 12.8. The van der Waals surface area contributed by atoms with E-state index in [-0.39, 0.29) is 37.6 Å². The average molecular weight is 420 g/mol. The molecule has 1 aromatic carbocycles. The summed E-state index contributed by atoms with van der Waals surface area (Å²) in [6.07, 6.45) is 0.0263. The molecule has 27 heavy (non-hydrogen) atoms. The van der Waals surface area contributed by atoms with E-state index in [1.54, 1.807) is 31.4 Å². The molecule has 0 radical (unpaired) electrons. The van der Waals surface area contributed by atoms with Crippen LogP contribution in [0.3, 0.4) is 0 Å². The van der Waals surface area contributed by atoms with Crippen LogP contribution in [-0.4, -0.2) is 69.2 Å². The normalized spacial score (nSPS) is 19.9. The molecule has 2 rings (SSSR count). The fourth-order valence-electron chi connectivity index (χ4n) is 2.70. The van der Waals surface area contributed by atoms with Crippen molar-refractivity contribution in [2.45, 2.75) is 24.3 Å². The lowest BCUT2D eigenvalue weighted by Crippen LogP contribution is -2.46. The number of amides is 1. The van der Waals surface area contributed by atoms with Crippen molar-refractivity contribution in [3.05, 3.63) is 29.8 Å². The van der Waals surface area contributed by atoms with Gasteiger partial charge in [0.05, 0.1) is 13.7 Å². The molecule has 0 bridgehead atoms. The number of hydrogen-bond acceptors (Lipinski definition) is 7. The number of likely N-dealkylation sites (tertiary alicyclic amines) is 1. The van der Waals surface area contributed by atoms with Crippen molar-refractivity contribution >= 4 is 28.9 Å². The Labute approximate surface area is 164 Å². The summed E-state index contributed by atoms with van der Waals surface area (Å²) in [5.74, 6) is 0.713. The molecule has 1 saturated heterocycles. The first kappa shape index (κ1) is 21.8. The van der Waals surface area contributed by atoms with Crippen LogP contribution in [0.15, 0.2) is 24.3 Å². The number of thiol groups is 1. The second-order valence-corrected chi connectivity index (χ2v) is 8.38. The summed E-state index contributed by atoms with van der Waals surface area (Å²) in [7, 11) is -2.16. The Bertz CT molecular complexity index is 713. The predicted octanol–water partition coefficient (Wildman–Crippen LogP) is 0.121. The zero-order chi connectivity index (χ0) is 19.9. The van der Waals surface area contributed by atoms with Gasteiger partial charge in [-0.1, -0.05) is 12.1 Å². The van der Waals surface area contributed by atoms with Gasteiger partial charge in [0.1, 0.15) is 12.4 Å². The molecule has 0 saturated carbocycles. The van der Waals surface area contributed by atoms with E-state index in [1.165, 1.54) is 4.90 Å². The van der Waals surface area contributed by atoms with Gasteiger partial charge in [-0.05, 0) is 24.1 Å². The van der Waals surface area contributed by atoms with E-state index in [1.807, 2.05) is 0 Å². The lowest BCUT2D eigenvalue weighted by atomic mass is 10.2. The Morgan fingerprint density at radius 1 is 1.33 bits per heavy atom. The van der Waals surface area contributed by atoms with Crippen molar-refractivity contribution in [1.82, 2.24) is 14.3 Å². The Balaban J connectivity index is 1.88. The quantitative estimate of drug-likeness (QED) is 0.423. The topological polar surface area (TPSA) is 117 Å². The summed E-state index contributed by atoms with van der Waals surface area (Å²) >= 11 is 4.40. The van der Waals surface area contributed by atoms with Crippen molar-refractivity contribution in [1.29, 1.82) is 0 Å². The van der Waals surface area contributed by atoms with Crippen molar-refractivity contribution in [3.63, 3.8) is 0 Å². The number of carbonyl (C=O) groups excluding carboxylic acids is 1. The number of carbonyl (C=O) groups is 1. The van der Waals surface area contributed by atoms with Crippen LogP contribution in [0, 0.1) is 0 Å². The molecule has 0 unspecified atom stereocenters. The van der Waals surface area contributed by atoms with Crippen LogP contribution < -0.4 is 14.2 Å². The fraction of sp³-hybridized carbons (Fsp3) is 0.562. The Hall–Kier alpha value is -1.53. The molecular formula is C16H25N3O6S2. The highest BCUT2D eigenvalue weighted by molar-refractivity contribution is 7.87. The highest BCUT2D eigenvalue weighted by atomic mass is 32.2. The first-order valence-corrected chi connectivity index (χ1v) is 10.4. The highest BCUT2D eigenvalue weighted by Crippen LogP contribution is 2.23. The van der Waals surface area contributed by atoms with Gasteiger partial charge in [-0.25, -0.2) is 14.2 Å². The minimum absolute atomic E-state index is 0.0372. The minimum atomic E-state index is -3.74. The van der Waals surface area contributed by atoms with Gasteiger partial charge in [-0.15, -0.1) is 0 Å². The zero-order valence-electron chi connectivity index (χ0n) is 15.0. The lowest BCUT2D eigenvalue weighted by Gasteiger charge is -2.24. The number of hydrogen-bond donors (Lipinski definition) is 4. The van der Waals surface area contributed by atoms with E-state index in [9.17, 15) is 13.2 Å². The molecule has 3 N–H and O–H groups in total. The molecule has 0 aromatic heterocycles. The second kappa shape index (κ2) is 10.1. The third-order valence-corrected chi connectivity index (χ3v) is 5.57. The summed E-state index contributed by atoms with van der Waals surface area (Å²) in [6.45, 7) is 0.138. The van der Waals surface area contributed by atoms with Crippen molar-refractivity contribution in [2.24, 2.45) is 0 Å². The molecule has 11 heteroatoms. The fourth-order valence-corrected chi connectivity index (χ4v) is 3.99. The maximum absolute atomic E-state index is 12.4. The van der Waals surface area contributed by atoms with Gasteiger partial charge in [0.25, 0.3) is 10.2 Å². The molecule has 152 valence electrons. The van der Waals surface area contributed by atoms with Gasteiger partial charge in [-0.3, -0.25) is 0 Å². The van der Waals surface area contributed by atoms with Crippen LogP contribution >= 0.6 is 12.6 Å². The van der Waals surface area contributed by atoms with E-state index in [0.29, 0.717) is 18.7 Å². The molecule has 2 atom stereocenters. The van der Waals surface area contributed by atoms with E-state index >= 15 is 0 Å². The summed E-state index contributed by atoms with van der Waals surface area (Å²) < 4.78 is 38.5. The van der Waals surface area contributed by atoms with Gasteiger partial charge >= 0.3 is 6.09 Å². The molecule has 1 aliphatic heterocycles. The van der Waals surface area contributed by atoms with Crippen LogP contribution in [0.1, 0.15) is 12.0 Å². The van der Waals surface area contributed by atoms with E-state index in [4.69, 9.17) is 14.6 Å². The predicted molar refractivity (Wildman–Crippen MR) is 103 cm³/mol. The zero-order valence-corrected chi connectivity index (χ0v) is 16.7. The molecule has 0 aliphatic carbocycles. The maximum atomic E-state index is 12.4. The van der Waals surface area contributed by atoms with Gasteiger partial charge in [0, 0.05) is 30.9 Å². The number of benzene rings is 1. The third kappa shape index (κ3) is 6.85. The minimum Gasteiger partial charge on any atom is -0.497 e. The number of nitrogens with zero attached hydrogens (tertiary/aromatic N) is 1. The molecule has 1 aliphatic rings. The number of nitrogens with one attached hydrogen (secondary N) is 2. The van der Waals surface area contributed by atoms with Crippen LogP contribution in [0.2, 0.25) is 0 Å². The van der Waals surface area contributed by atoms with Gasteiger partial charge in [-0.2, -0.15) is 21.0 Å². The second-order valence-electron chi connectivity index (χ2n) is 6.07. The van der Waals surface area contributed by atoms with E-state index in [0.717, 1.165) is 5.56 Å². The van der Waals surface area contributed by atoms with E-state index in [2.05, 4.69) is 22.1 Å².